The van der Waals surface area contributed by atoms with Crippen LogP contribution in [-0.4, -0.2) is 56.9 Å². The van der Waals surface area contributed by atoms with Gasteiger partial charge in [-0.05, 0) is 27.8 Å². The summed E-state index contributed by atoms with van der Waals surface area (Å²) in [6.45, 7) is 7.11. The monoisotopic (exact) mass is 250 g/mol. The maximum absolute atomic E-state index is 12.0. The molecule has 16 heavy (non-hydrogen) atoms. The molecule has 1 fully saturated rings. The molecule has 0 spiro atoms. The van der Waals surface area contributed by atoms with E-state index in [0.29, 0.717) is 19.6 Å². The van der Waals surface area contributed by atoms with Gasteiger partial charge >= 0.3 is 0 Å². The number of rotatable bonds is 4. The van der Waals surface area contributed by atoms with E-state index in [4.69, 9.17) is 4.74 Å². The fourth-order valence-corrected chi connectivity index (χ4v) is 3.63. The lowest BCUT2D eigenvalue weighted by atomic mass is 10.1. The highest BCUT2D eigenvalue weighted by atomic mass is 32.2. The summed E-state index contributed by atoms with van der Waals surface area (Å²) in [5.41, 5.74) is -0.398. The van der Waals surface area contributed by atoms with Crippen LogP contribution in [0.3, 0.4) is 0 Å². The van der Waals surface area contributed by atoms with Crippen molar-refractivity contribution in [2.45, 2.75) is 32.5 Å². The molecule has 1 N–H and O–H groups in total. The van der Waals surface area contributed by atoms with Gasteiger partial charge in [-0.1, -0.05) is 0 Å². The fourth-order valence-electron chi connectivity index (χ4n) is 1.97. The minimum atomic E-state index is -3.16. The first-order valence-electron chi connectivity index (χ1n) is 5.57. The third kappa shape index (κ3) is 3.69. The van der Waals surface area contributed by atoms with Gasteiger partial charge in [0.15, 0.2) is 0 Å². The van der Waals surface area contributed by atoms with Crippen molar-refractivity contribution in [3.8, 4) is 0 Å². The summed E-state index contributed by atoms with van der Waals surface area (Å²) in [6.07, 6.45) is -0.0480. The van der Waals surface area contributed by atoms with Crippen molar-refractivity contribution in [1.82, 2.24) is 9.62 Å². The number of nitrogens with one attached hydrogen (secondary N) is 1. The van der Waals surface area contributed by atoms with Crippen molar-refractivity contribution >= 4 is 10.0 Å². The van der Waals surface area contributed by atoms with E-state index in [2.05, 4.69) is 5.32 Å². The van der Waals surface area contributed by atoms with Crippen molar-refractivity contribution < 1.29 is 13.2 Å². The van der Waals surface area contributed by atoms with Gasteiger partial charge in [0.1, 0.15) is 0 Å². The van der Waals surface area contributed by atoms with E-state index in [1.807, 2.05) is 20.8 Å². The van der Waals surface area contributed by atoms with Crippen LogP contribution >= 0.6 is 0 Å². The van der Waals surface area contributed by atoms with Crippen LogP contribution in [-0.2, 0) is 14.8 Å². The van der Waals surface area contributed by atoms with E-state index in [1.165, 1.54) is 0 Å². The van der Waals surface area contributed by atoms with Crippen molar-refractivity contribution in [1.29, 1.82) is 0 Å². The molecule has 96 valence electrons. The highest BCUT2D eigenvalue weighted by Gasteiger charge is 2.36. The molecular weight excluding hydrogens is 228 g/mol. The van der Waals surface area contributed by atoms with Crippen LogP contribution in [0.4, 0.5) is 0 Å². The quantitative estimate of drug-likeness (QED) is 0.765. The number of nitrogens with zero attached hydrogens (tertiary/aromatic N) is 1. The highest BCUT2D eigenvalue weighted by molar-refractivity contribution is 7.89. The van der Waals surface area contributed by atoms with E-state index in [0.717, 1.165) is 0 Å². The molecule has 0 aliphatic carbocycles. The Balaban J connectivity index is 2.72. The Morgan fingerprint density at radius 3 is 2.62 bits per heavy atom. The minimum Gasteiger partial charge on any atom is -0.370 e. The molecular formula is C10H22N2O3S. The average molecular weight is 250 g/mol. The van der Waals surface area contributed by atoms with Gasteiger partial charge in [-0.3, -0.25) is 0 Å². The van der Waals surface area contributed by atoms with E-state index in [1.54, 1.807) is 11.4 Å². The predicted octanol–water partition coefficient (Wildman–Crippen LogP) is 0.0349. The molecule has 0 radical (unpaired) electrons. The predicted molar refractivity (Wildman–Crippen MR) is 63.9 cm³/mol. The summed E-state index contributed by atoms with van der Waals surface area (Å²) in [5.74, 6) is 0.145. The fraction of sp³-hybridized carbons (Fsp3) is 1.00. The van der Waals surface area contributed by atoms with E-state index in [9.17, 15) is 8.42 Å². The van der Waals surface area contributed by atoms with Crippen molar-refractivity contribution in [3.05, 3.63) is 0 Å². The maximum Gasteiger partial charge on any atom is 0.215 e. The van der Waals surface area contributed by atoms with Crippen LogP contribution in [0.25, 0.3) is 0 Å². The molecule has 0 amide bonds. The Morgan fingerprint density at radius 1 is 1.50 bits per heavy atom. The molecule has 1 unspecified atom stereocenters. The Hall–Kier alpha value is -0.170. The molecule has 0 aromatic carbocycles. The van der Waals surface area contributed by atoms with Gasteiger partial charge in [0.25, 0.3) is 0 Å². The van der Waals surface area contributed by atoms with Gasteiger partial charge in [-0.15, -0.1) is 0 Å². The third-order valence-electron chi connectivity index (χ3n) is 2.54. The lowest BCUT2D eigenvalue weighted by Gasteiger charge is -2.40. The third-order valence-corrected chi connectivity index (χ3v) is 4.33. The van der Waals surface area contributed by atoms with Crippen molar-refractivity contribution in [3.63, 3.8) is 0 Å². The van der Waals surface area contributed by atoms with Gasteiger partial charge in [-0.2, -0.15) is 4.31 Å². The summed E-state index contributed by atoms with van der Waals surface area (Å²) >= 11 is 0. The van der Waals surface area contributed by atoms with Crippen LogP contribution in [0.1, 0.15) is 20.8 Å². The normalized spacial score (nSPS) is 26.9. The molecule has 0 aromatic heterocycles. The largest absolute Gasteiger partial charge is 0.370 e. The van der Waals surface area contributed by atoms with E-state index < -0.39 is 15.6 Å². The molecule has 6 heteroatoms. The van der Waals surface area contributed by atoms with Crippen LogP contribution < -0.4 is 5.32 Å². The lowest BCUT2D eigenvalue weighted by molar-refractivity contribution is -0.109. The maximum atomic E-state index is 12.0. The zero-order valence-electron chi connectivity index (χ0n) is 10.5. The Bertz CT molecular complexity index is 327. The van der Waals surface area contributed by atoms with E-state index in [-0.39, 0.29) is 11.9 Å². The van der Waals surface area contributed by atoms with Gasteiger partial charge < -0.3 is 10.1 Å². The first-order valence-corrected chi connectivity index (χ1v) is 7.18. The smallest absolute Gasteiger partial charge is 0.215 e. The van der Waals surface area contributed by atoms with Crippen LogP contribution in [0, 0.1) is 0 Å². The molecule has 0 aromatic rings. The number of morpholine rings is 1. The second kappa shape index (κ2) is 5.00. The average Bonchev–Trinajstić information content (AvgIpc) is 2.11. The van der Waals surface area contributed by atoms with Gasteiger partial charge in [0.2, 0.25) is 10.0 Å². The Morgan fingerprint density at radius 2 is 2.12 bits per heavy atom. The van der Waals surface area contributed by atoms with E-state index >= 15 is 0 Å². The molecule has 1 atom stereocenters. The molecule has 0 saturated carbocycles. The Labute approximate surface area is 98.2 Å². The van der Waals surface area contributed by atoms with Crippen LogP contribution in [0.2, 0.25) is 0 Å². The second-order valence-electron chi connectivity index (χ2n) is 4.90. The standard InChI is InChI=1S/C10H22N2O3S/c1-9-7-12(8-10(2,3)15-9)16(13,14)6-5-11-4/h9,11H,5-8H2,1-4H3. The molecule has 0 bridgehead atoms. The summed E-state index contributed by atoms with van der Waals surface area (Å²) in [7, 11) is -1.41. The molecule has 1 aliphatic heterocycles. The molecule has 1 saturated heterocycles. The SMILES string of the molecule is CNCCS(=O)(=O)N1CC(C)OC(C)(C)C1. The highest BCUT2D eigenvalue weighted by Crippen LogP contribution is 2.22. The first-order chi connectivity index (χ1) is 7.27. The molecule has 1 heterocycles. The zero-order valence-corrected chi connectivity index (χ0v) is 11.3. The van der Waals surface area contributed by atoms with Gasteiger partial charge in [0, 0.05) is 19.6 Å². The van der Waals surface area contributed by atoms with Gasteiger partial charge in [0.05, 0.1) is 17.5 Å². The lowest BCUT2D eigenvalue weighted by Crippen LogP contribution is -2.54. The summed E-state index contributed by atoms with van der Waals surface area (Å²) in [5, 5.41) is 2.86. The number of ether oxygens (including phenoxy) is 1. The Kier molecular flexibility index (Phi) is 4.34. The summed E-state index contributed by atoms with van der Waals surface area (Å²) < 4.78 is 31.2. The number of hydrogen-bond donors (Lipinski definition) is 1. The van der Waals surface area contributed by atoms with Crippen LogP contribution in [0.5, 0.6) is 0 Å². The topological polar surface area (TPSA) is 58.6 Å². The molecule has 1 aliphatic rings. The van der Waals surface area contributed by atoms with Gasteiger partial charge in [-0.25, -0.2) is 8.42 Å². The summed E-state index contributed by atoms with van der Waals surface area (Å²) in [4.78, 5) is 0. The second-order valence-corrected chi connectivity index (χ2v) is 6.99. The molecule has 5 nitrogen and oxygen atoms in total. The summed E-state index contributed by atoms with van der Waals surface area (Å²) in [6, 6.07) is 0. The minimum absolute atomic E-state index is 0.0480. The first kappa shape index (κ1) is 13.9. The molecule has 1 rings (SSSR count). The number of sulfonamides is 1. The zero-order chi connectivity index (χ0) is 12.4. The number of hydrogen-bond acceptors (Lipinski definition) is 4. The van der Waals surface area contributed by atoms with Crippen molar-refractivity contribution in [2.24, 2.45) is 0 Å². The van der Waals surface area contributed by atoms with Crippen molar-refractivity contribution in [2.75, 3.05) is 32.4 Å². The van der Waals surface area contributed by atoms with Crippen LogP contribution in [0.15, 0.2) is 0 Å².